The maximum atomic E-state index is 11.8. The van der Waals surface area contributed by atoms with Gasteiger partial charge in [-0.25, -0.2) is 13.4 Å². The lowest BCUT2D eigenvalue weighted by atomic mass is 10.2. The first-order chi connectivity index (χ1) is 15.9. The van der Waals surface area contributed by atoms with Gasteiger partial charge in [-0.2, -0.15) is 19.4 Å². The average Bonchev–Trinajstić information content (AvgIpc) is 3.16. The van der Waals surface area contributed by atoms with Crippen LogP contribution in [0.15, 0.2) is 35.7 Å². The minimum Gasteiger partial charge on any atom is -0.378 e. The lowest BCUT2D eigenvalue weighted by Gasteiger charge is -2.37. The van der Waals surface area contributed by atoms with Crippen LogP contribution in [0.2, 0.25) is 0 Å². The molecule has 3 aromatic rings. The fraction of sp³-hybridized carbons (Fsp3) is 0.429. The third-order valence-corrected chi connectivity index (χ3v) is 7.06. The quantitative estimate of drug-likeness (QED) is 0.422. The van der Waals surface area contributed by atoms with Gasteiger partial charge >= 0.3 is 0 Å². The number of nitrogens with one attached hydrogen (secondary N) is 1. The van der Waals surface area contributed by atoms with Crippen LogP contribution in [0.1, 0.15) is 17.2 Å². The predicted octanol–water partition coefficient (Wildman–Crippen LogP) is 1.23. The first-order valence-electron chi connectivity index (χ1n) is 10.8. The van der Waals surface area contributed by atoms with Crippen molar-refractivity contribution in [1.82, 2.24) is 23.8 Å². The van der Waals surface area contributed by atoms with Gasteiger partial charge in [0.25, 0.3) is 0 Å². The molecule has 2 saturated heterocycles. The van der Waals surface area contributed by atoms with E-state index in [4.69, 9.17) is 14.7 Å². The molecule has 0 saturated carbocycles. The Kier molecular flexibility index (Phi) is 5.72. The molecule has 11 nitrogen and oxygen atoms in total. The summed E-state index contributed by atoms with van der Waals surface area (Å²) in [5, 5.41) is 4.38. The number of morpholine rings is 1. The molecule has 12 heteroatoms. The Labute approximate surface area is 192 Å². The molecule has 2 aromatic heterocycles. The lowest BCUT2D eigenvalue weighted by molar-refractivity contribution is 0.122. The summed E-state index contributed by atoms with van der Waals surface area (Å²) >= 11 is 0. The zero-order chi connectivity index (χ0) is 23.0. The van der Waals surface area contributed by atoms with Crippen LogP contribution in [0.5, 0.6) is 0 Å². The van der Waals surface area contributed by atoms with E-state index in [0.717, 1.165) is 11.1 Å². The van der Waals surface area contributed by atoms with Crippen LogP contribution in [0.3, 0.4) is 0 Å². The number of hydrogen-bond acceptors (Lipinski definition) is 9. The van der Waals surface area contributed by atoms with E-state index in [1.165, 1.54) is 10.6 Å². The van der Waals surface area contributed by atoms with Crippen molar-refractivity contribution in [3.63, 3.8) is 0 Å². The normalized spacial score (nSPS) is 18.2. The van der Waals surface area contributed by atoms with E-state index in [1.807, 2.05) is 35.8 Å². The molecule has 0 aliphatic carbocycles. The van der Waals surface area contributed by atoms with Gasteiger partial charge in [-0.05, 0) is 12.5 Å². The van der Waals surface area contributed by atoms with Crippen molar-refractivity contribution in [3.05, 3.63) is 41.7 Å². The summed E-state index contributed by atoms with van der Waals surface area (Å²) in [6, 6.07) is 8.01. The molecule has 0 amide bonds. The minimum atomic E-state index is -3.21. The fourth-order valence-electron chi connectivity index (χ4n) is 3.94. The van der Waals surface area contributed by atoms with Gasteiger partial charge in [-0.1, -0.05) is 29.8 Å². The molecule has 2 aliphatic heterocycles. The lowest BCUT2D eigenvalue weighted by Crippen LogP contribution is -2.50. The van der Waals surface area contributed by atoms with E-state index >= 15 is 0 Å². The number of imidazole rings is 1. The zero-order valence-corrected chi connectivity index (χ0v) is 19.4. The zero-order valence-electron chi connectivity index (χ0n) is 18.5. The van der Waals surface area contributed by atoms with Gasteiger partial charge < -0.3 is 14.2 Å². The summed E-state index contributed by atoms with van der Waals surface area (Å²) in [5.74, 6) is 1.07. The van der Waals surface area contributed by atoms with Gasteiger partial charge in [0.15, 0.2) is 17.0 Å². The summed E-state index contributed by atoms with van der Waals surface area (Å²) in [7, 11) is -3.21. The smallest absolute Gasteiger partial charge is 0.229 e. The van der Waals surface area contributed by atoms with Crippen LogP contribution < -0.4 is 10.3 Å². The molecule has 0 bridgehead atoms. The van der Waals surface area contributed by atoms with Crippen molar-refractivity contribution in [2.24, 2.45) is 5.10 Å². The number of sulfonamides is 1. The van der Waals surface area contributed by atoms with E-state index in [0.29, 0.717) is 62.3 Å². The standard InChI is InChI=1S/C21H26N8O3S/c1-15-4-3-5-16(10-15)11-23-26-19-18-20(25-21(24-19)27-6-8-32-9-7-27)29(14-22-18)17-12-28(13-17)33(2,30)31/h3-5,10-11,14,17H,6-9,12-13H2,1-2H3,(H,24,25,26)/b23-11+. The van der Waals surface area contributed by atoms with Gasteiger partial charge in [0.2, 0.25) is 16.0 Å². The van der Waals surface area contributed by atoms with Crippen molar-refractivity contribution >= 4 is 39.2 Å². The van der Waals surface area contributed by atoms with Crippen molar-refractivity contribution in [3.8, 4) is 0 Å². The van der Waals surface area contributed by atoms with Crippen LogP contribution in [0.4, 0.5) is 11.8 Å². The monoisotopic (exact) mass is 470 g/mol. The maximum absolute atomic E-state index is 11.8. The SMILES string of the molecule is Cc1cccc(/C=N/Nc2nc(N3CCOCC3)nc3c2ncn3C2CN(S(C)(=O)=O)C2)c1. The highest BCUT2D eigenvalue weighted by molar-refractivity contribution is 7.88. The van der Waals surface area contributed by atoms with E-state index in [2.05, 4.69) is 20.4 Å². The molecule has 4 heterocycles. The van der Waals surface area contributed by atoms with Gasteiger partial charge in [0, 0.05) is 26.2 Å². The molecule has 174 valence electrons. The predicted molar refractivity (Wildman–Crippen MR) is 126 cm³/mol. The molecular weight excluding hydrogens is 444 g/mol. The van der Waals surface area contributed by atoms with Crippen LogP contribution in [-0.4, -0.2) is 84.1 Å². The molecular formula is C21H26N8O3S. The van der Waals surface area contributed by atoms with Crippen molar-refractivity contribution in [2.75, 3.05) is 56.0 Å². The Balaban J connectivity index is 1.47. The fourth-order valence-corrected chi connectivity index (χ4v) is 4.82. The average molecular weight is 471 g/mol. The van der Waals surface area contributed by atoms with Gasteiger partial charge in [-0.3, -0.25) is 5.43 Å². The van der Waals surface area contributed by atoms with E-state index in [9.17, 15) is 8.42 Å². The highest BCUT2D eigenvalue weighted by atomic mass is 32.2. The van der Waals surface area contributed by atoms with Crippen LogP contribution in [0, 0.1) is 6.92 Å². The third kappa shape index (κ3) is 4.54. The molecule has 1 aromatic carbocycles. The van der Waals surface area contributed by atoms with Crippen molar-refractivity contribution < 1.29 is 13.2 Å². The second-order valence-electron chi connectivity index (χ2n) is 8.31. The summed E-state index contributed by atoms with van der Waals surface area (Å²) in [6.45, 7) is 5.44. The largest absolute Gasteiger partial charge is 0.378 e. The molecule has 1 N–H and O–H groups in total. The Bertz CT molecular complexity index is 1290. The summed E-state index contributed by atoms with van der Waals surface area (Å²) in [5.41, 5.74) is 6.40. The van der Waals surface area contributed by atoms with Crippen LogP contribution >= 0.6 is 0 Å². The number of ether oxygens (including phenoxy) is 1. The number of fused-ring (bicyclic) bond motifs is 1. The van der Waals surface area contributed by atoms with E-state index in [1.54, 1.807) is 12.5 Å². The topological polar surface area (TPSA) is 118 Å². The number of hydrazone groups is 1. The molecule has 0 radical (unpaired) electrons. The minimum absolute atomic E-state index is 0.0270. The highest BCUT2D eigenvalue weighted by Gasteiger charge is 2.35. The molecule has 33 heavy (non-hydrogen) atoms. The van der Waals surface area contributed by atoms with E-state index in [-0.39, 0.29) is 6.04 Å². The highest BCUT2D eigenvalue weighted by Crippen LogP contribution is 2.30. The second kappa shape index (κ2) is 8.69. The van der Waals surface area contributed by atoms with Gasteiger partial charge in [0.1, 0.15) is 0 Å². The van der Waals surface area contributed by atoms with Crippen LogP contribution in [-0.2, 0) is 14.8 Å². The Hall–Kier alpha value is -3.09. The molecule has 0 spiro atoms. The number of aromatic nitrogens is 4. The first kappa shape index (κ1) is 21.7. The number of hydrogen-bond donors (Lipinski definition) is 1. The summed E-state index contributed by atoms with van der Waals surface area (Å²) in [4.78, 5) is 16.1. The summed E-state index contributed by atoms with van der Waals surface area (Å²) in [6.07, 6.45) is 4.66. The Morgan fingerprint density at radius 2 is 2.00 bits per heavy atom. The first-order valence-corrected chi connectivity index (χ1v) is 12.6. The van der Waals surface area contributed by atoms with E-state index < -0.39 is 10.0 Å². The Morgan fingerprint density at radius 1 is 1.21 bits per heavy atom. The summed E-state index contributed by atoms with van der Waals surface area (Å²) < 4.78 is 32.4. The number of rotatable bonds is 6. The number of anilines is 2. The van der Waals surface area contributed by atoms with Crippen molar-refractivity contribution in [1.29, 1.82) is 0 Å². The van der Waals surface area contributed by atoms with Crippen LogP contribution in [0.25, 0.3) is 11.2 Å². The maximum Gasteiger partial charge on any atom is 0.229 e. The molecule has 0 atom stereocenters. The number of nitrogens with zero attached hydrogens (tertiary/aromatic N) is 7. The number of benzene rings is 1. The molecule has 5 rings (SSSR count). The second-order valence-corrected chi connectivity index (χ2v) is 10.3. The van der Waals surface area contributed by atoms with Gasteiger partial charge in [-0.15, -0.1) is 0 Å². The van der Waals surface area contributed by atoms with Gasteiger partial charge in [0.05, 0.1) is 38.1 Å². The number of aryl methyl sites for hydroxylation is 1. The Morgan fingerprint density at radius 3 is 2.73 bits per heavy atom. The molecule has 2 fully saturated rings. The molecule has 2 aliphatic rings. The van der Waals surface area contributed by atoms with Crippen molar-refractivity contribution in [2.45, 2.75) is 13.0 Å². The molecule has 0 unspecified atom stereocenters. The third-order valence-electron chi connectivity index (χ3n) is 5.82.